The highest BCUT2D eigenvalue weighted by molar-refractivity contribution is 5.71. The molecule has 0 heterocycles. The summed E-state index contributed by atoms with van der Waals surface area (Å²) in [5.41, 5.74) is 0. The van der Waals surface area contributed by atoms with Crippen LogP contribution in [0.5, 0.6) is 0 Å². The predicted molar refractivity (Wildman–Crippen MR) is 307 cm³/mol. The van der Waals surface area contributed by atoms with Gasteiger partial charge in [-0.15, -0.1) is 0 Å². The summed E-state index contributed by atoms with van der Waals surface area (Å²) in [6.45, 7) is 6.57. The maximum Gasteiger partial charge on any atom is 0.306 e. The lowest BCUT2D eigenvalue weighted by Crippen LogP contribution is -2.30. The molecule has 0 saturated carbocycles. The van der Waals surface area contributed by atoms with E-state index < -0.39 is 6.10 Å². The number of allylic oxidation sites excluding steroid dienone is 8. The number of carbonyl (C=O) groups excluding carboxylic acids is 3. The van der Waals surface area contributed by atoms with E-state index in [4.69, 9.17) is 14.2 Å². The van der Waals surface area contributed by atoms with E-state index in [0.717, 1.165) is 89.9 Å². The molecule has 0 fully saturated rings. The van der Waals surface area contributed by atoms with E-state index in [1.807, 2.05) is 0 Å². The summed E-state index contributed by atoms with van der Waals surface area (Å²) >= 11 is 0. The molecule has 0 N–H and O–H groups in total. The van der Waals surface area contributed by atoms with Gasteiger partial charge in [-0.25, -0.2) is 0 Å². The van der Waals surface area contributed by atoms with Crippen LogP contribution in [0.4, 0.5) is 0 Å². The van der Waals surface area contributed by atoms with Crippen molar-refractivity contribution in [3.8, 4) is 0 Å². The van der Waals surface area contributed by atoms with Gasteiger partial charge < -0.3 is 14.2 Å². The van der Waals surface area contributed by atoms with Gasteiger partial charge >= 0.3 is 17.9 Å². The maximum absolute atomic E-state index is 12.9. The first-order valence-electron chi connectivity index (χ1n) is 31.1. The molecule has 0 aromatic heterocycles. The second kappa shape index (κ2) is 59.9. The van der Waals surface area contributed by atoms with Crippen molar-refractivity contribution < 1.29 is 28.6 Å². The molecule has 6 heteroatoms. The fourth-order valence-corrected chi connectivity index (χ4v) is 9.20. The summed E-state index contributed by atoms with van der Waals surface area (Å²) in [6.07, 6.45) is 73.9. The van der Waals surface area contributed by atoms with Crippen molar-refractivity contribution in [1.82, 2.24) is 0 Å². The molecule has 414 valence electrons. The number of esters is 3. The summed E-state index contributed by atoms with van der Waals surface area (Å²) in [7, 11) is 0. The van der Waals surface area contributed by atoms with Crippen molar-refractivity contribution in [3.63, 3.8) is 0 Å². The number of unbranched alkanes of at least 4 members (excludes halogenated alkanes) is 38. The molecule has 0 bridgehead atoms. The number of ether oxygens (including phenoxy) is 3. The van der Waals surface area contributed by atoms with E-state index in [0.29, 0.717) is 19.3 Å². The van der Waals surface area contributed by atoms with Crippen LogP contribution < -0.4 is 0 Å². The van der Waals surface area contributed by atoms with Crippen LogP contribution in [0.3, 0.4) is 0 Å². The van der Waals surface area contributed by atoms with E-state index in [-0.39, 0.29) is 31.1 Å². The molecule has 0 radical (unpaired) electrons. The Morgan fingerprint density at radius 2 is 0.549 bits per heavy atom. The first-order chi connectivity index (χ1) is 35.0. The zero-order valence-electron chi connectivity index (χ0n) is 47.5. The van der Waals surface area contributed by atoms with Gasteiger partial charge in [-0.2, -0.15) is 0 Å². The van der Waals surface area contributed by atoms with Crippen LogP contribution in [0.2, 0.25) is 0 Å². The molecule has 0 spiro atoms. The Hall–Kier alpha value is -2.63. The molecular weight excluding hydrogens is 877 g/mol. The molecule has 0 amide bonds. The molecule has 0 aromatic rings. The van der Waals surface area contributed by atoms with Gasteiger partial charge in [0.2, 0.25) is 0 Å². The average Bonchev–Trinajstić information content (AvgIpc) is 3.37. The fourth-order valence-electron chi connectivity index (χ4n) is 9.20. The second-order valence-corrected chi connectivity index (χ2v) is 21.0. The number of carbonyl (C=O) groups is 3. The maximum atomic E-state index is 12.9. The Morgan fingerprint density at radius 3 is 0.859 bits per heavy atom. The lowest BCUT2D eigenvalue weighted by molar-refractivity contribution is -0.167. The lowest BCUT2D eigenvalue weighted by Gasteiger charge is -2.18. The Bertz CT molecular complexity index is 1230. The molecule has 0 aliphatic heterocycles. The number of rotatable bonds is 57. The van der Waals surface area contributed by atoms with E-state index in [2.05, 4.69) is 69.4 Å². The third-order valence-electron chi connectivity index (χ3n) is 13.8. The van der Waals surface area contributed by atoms with Crippen molar-refractivity contribution >= 4 is 17.9 Å². The smallest absolute Gasteiger partial charge is 0.306 e. The standard InChI is InChI=1S/C65H118O6/c1-4-7-10-13-16-19-22-25-27-29-31-32-34-35-37-40-43-46-49-52-55-58-64(67)70-61-62(60-69-63(66)57-54-51-48-45-42-39-24-21-18-15-12-9-6-3)71-65(68)59-56-53-50-47-44-41-38-36-33-30-28-26-23-20-17-14-11-8-5-2/h7,10,16,19,25,27,31-32,62H,4-6,8-9,11-15,17-18,20-24,26,28-30,33-61H2,1-3H3/b10-7-,19-16-,27-25-,32-31-. The van der Waals surface area contributed by atoms with Crippen molar-refractivity contribution in [1.29, 1.82) is 0 Å². The summed E-state index contributed by atoms with van der Waals surface area (Å²) in [4.78, 5) is 38.3. The van der Waals surface area contributed by atoms with E-state index in [1.54, 1.807) is 0 Å². The van der Waals surface area contributed by atoms with Crippen molar-refractivity contribution in [2.45, 2.75) is 335 Å². The largest absolute Gasteiger partial charge is 0.462 e. The highest BCUT2D eigenvalue weighted by Crippen LogP contribution is 2.17. The molecule has 0 aromatic carbocycles. The third kappa shape index (κ3) is 58.1. The summed E-state index contributed by atoms with van der Waals surface area (Å²) in [6, 6.07) is 0. The normalized spacial score (nSPS) is 12.3. The molecular formula is C65H118O6. The highest BCUT2D eigenvalue weighted by atomic mass is 16.6. The summed E-state index contributed by atoms with van der Waals surface area (Å²) < 4.78 is 16.9. The molecule has 0 aliphatic carbocycles. The van der Waals surface area contributed by atoms with Crippen molar-refractivity contribution in [3.05, 3.63) is 48.6 Å². The molecule has 0 saturated heterocycles. The van der Waals surface area contributed by atoms with Gasteiger partial charge in [0.25, 0.3) is 0 Å². The first kappa shape index (κ1) is 68.4. The second-order valence-electron chi connectivity index (χ2n) is 21.0. The molecule has 1 unspecified atom stereocenters. The van der Waals surface area contributed by atoms with Crippen molar-refractivity contribution in [2.75, 3.05) is 13.2 Å². The number of hydrogen-bond acceptors (Lipinski definition) is 6. The van der Waals surface area contributed by atoms with Crippen LogP contribution >= 0.6 is 0 Å². The fraction of sp³-hybridized carbons (Fsp3) is 0.831. The summed E-state index contributed by atoms with van der Waals surface area (Å²) in [5, 5.41) is 0. The van der Waals surface area contributed by atoms with Gasteiger partial charge in [0, 0.05) is 19.3 Å². The summed E-state index contributed by atoms with van der Waals surface area (Å²) in [5.74, 6) is -0.857. The SMILES string of the molecule is CC/C=C\C/C=C\C/C=C\C/C=C\CCCCCCCCCCC(=O)OCC(COC(=O)CCCCCCCCCCCCCCC)OC(=O)CCCCCCCCCCCCCCCCCCCCC. The van der Waals surface area contributed by atoms with Crippen LogP contribution in [-0.4, -0.2) is 37.2 Å². The van der Waals surface area contributed by atoms with E-state index in [1.165, 1.54) is 199 Å². The van der Waals surface area contributed by atoms with Gasteiger partial charge in [0.1, 0.15) is 13.2 Å². The molecule has 6 nitrogen and oxygen atoms in total. The zero-order valence-corrected chi connectivity index (χ0v) is 47.5. The van der Waals surface area contributed by atoms with Gasteiger partial charge in [-0.05, 0) is 57.8 Å². The molecule has 0 aliphatic rings. The highest BCUT2D eigenvalue weighted by Gasteiger charge is 2.19. The van der Waals surface area contributed by atoms with Crippen LogP contribution in [0, 0.1) is 0 Å². The first-order valence-corrected chi connectivity index (χ1v) is 31.1. The predicted octanol–water partition coefficient (Wildman–Crippen LogP) is 21.0. The minimum absolute atomic E-state index is 0.0705. The van der Waals surface area contributed by atoms with Crippen LogP contribution in [-0.2, 0) is 28.6 Å². The molecule has 71 heavy (non-hydrogen) atoms. The van der Waals surface area contributed by atoms with E-state index >= 15 is 0 Å². The van der Waals surface area contributed by atoms with Gasteiger partial charge in [0.15, 0.2) is 6.10 Å². The quantitative estimate of drug-likeness (QED) is 0.0261. The molecule has 0 rings (SSSR count). The topological polar surface area (TPSA) is 78.9 Å². The zero-order chi connectivity index (χ0) is 51.4. The number of hydrogen-bond donors (Lipinski definition) is 0. The molecule has 1 atom stereocenters. The van der Waals surface area contributed by atoms with Crippen molar-refractivity contribution in [2.24, 2.45) is 0 Å². The van der Waals surface area contributed by atoms with Crippen LogP contribution in [0.25, 0.3) is 0 Å². The minimum Gasteiger partial charge on any atom is -0.462 e. The third-order valence-corrected chi connectivity index (χ3v) is 13.8. The monoisotopic (exact) mass is 995 g/mol. The Labute approximate surface area is 441 Å². The van der Waals surface area contributed by atoms with Gasteiger partial charge in [0.05, 0.1) is 0 Å². The Balaban J connectivity index is 4.31. The Kier molecular flexibility index (Phi) is 57.7. The van der Waals surface area contributed by atoms with Crippen LogP contribution in [0.1, 0.15) is 329 Å². The van der Waals surface area contributed by atoms with Gasteiger partial charge in [-0.1, -0.05) is 301 Å². The average molecular weight is 996 g/mol. The van der Waals surface area contributed by atoms with Crippen LogP contribution in [0.15, 0.2) is 48.6 Å². The van der Waals surface area contributed by atoms with E-state index in [9.17, 15) is 14.4 Å². The lowest BCUT2D eigenvalue weighted by atomic mass is 10.0. The minimum atomic E-state index is -0.773. The Morgan fingerprint density at radius 1 is 0.296 bits per heavy atom. The van der Waals surface area contributed by atoms with Gasteiger partial charge in [-0.3, -0.25) is 14.4 Å².